The SMILES string of the molecule is O=C(C=Cc1cccc(S(=O)(=O)Nc2c(F)cccc2F)c1)NO. The molecular formula is C15H12F2N2O4S. The van der Waals surface area contributed by atoms with Gasteiger partial charge in [-0.05, 0) is 35.9 Å². The van der Waals surface area contributed by atoms with Crippen molar-refractivity contribution in [1.29, 1.82) is 0 Å². The van der Waals surface area contributed by atoms with Crippen LogP contribution < -0.4 is 10.2 Å². The minimum absolute atomic E-state index is 0.253. The zero-order chi connectivity index (χ0) is 17.7. The van der Waals surface area contributed by atoms with Gasteiger partial charge in [0.1, 0.15) is 17.3 Å². The first-order valence-electron chi connectivity index (χ1n) is 6.52. The fourth-order valence-electron chi connectivity index (χ4n) is 1.78. The highest BCUT2D eigenvalue weighted by atomic mass is 32.2. The average Bonchev–Trinajstić information content (AvgIpc) is 2.56. The van der Waals surface area contributed by atoms with E-state index in [2.05, 4.69) is 0 Å². The molecule has 6 nitrogen and oxygen atoms in total. The van der Waals surface area contributed by atoms with Crippen LogP contribution in [-0.2, 0) is 14.8 Å². The minimum Gasteiger partial charge on any atom is -0.288 e. The summed E-state index contributed by atoms with van der Waals surface area (Å²) in [7, 11) is -4.24. The maximum absolute atomic E-state index is 13.6. The molecule has 0 spiro atoms. The molecule has 3 N–H and O–H groups in total. The number of carbonyl (C=O) groups excluding carboxylic acids is 1. The van der Waals surface area contributed by atoms with Gasteiger partial charge in [-0.3, -0.25) is 14.7 Å². The van der Waals surface area contributed by atoms with Crippen LogP contribution in [0.3, 0.4) is 0 Å². The summed E-state index contributed by atoms with van der Waals surface area (Å²) in [5.41, 5.74) is 0.935. The lowest BCUT2D eigenvalue weighted by Gasteiger charge is -2.10. The number of carbonyl (C=O) groups is 1. The number of rotatable bonds is 5. The minimum atomic E-state index is -4.24. The number of para-hydroxylation sites is 1. The molecule has 0 unspecified atom stereocenters. The van der Waals surface area contributed by atoms with Crippen LogP contribution in [-0.4, -0.2) is 19.5 Å². The molecule has 0 saturated carbocycles. The van der Waals surface area contributed by atoms with Gasteiger partial charge in [0.25, 0.3) is 15.9 Å². The van der Waals surface area contributed by atoms with E-state index in [1.807, 2.05) is 4.72 Å². The zero-order valence-corrected chi connectivity index (χ0v) is 12.8. The summed E-state index contributed by atoms with van der Waals surface area (Å²) >= 11 is 0. The molecule has 0 fully saturated rings. The van der Waals surface area contributed by atoms with Crippen molar-refractivity contribution in [3.05, 3.63) is 65.7 Å². The molecule has 0 aliphatic rings. The van der Waals surface area contributed by atoms with E-state index in [0.717, 1.165) is 24.3 Å². The highest BCUT2D eigenvalue weighted by Gasteiger charge is 2.19. The molecule has 0 atom stereocenters. The number of amides is 1. The van der Waals surface area contributed by atoms with Crippen LogP contribution in [0.5, 0.6) is 0 Å². The third-order valence-corrected chi connectivity index (χ3v) is 4.25. The first-order chi connectivity index (χ1) is 11.3. The fraction of sp³-hybridized carbons (Fsp3) is 0. The number of hydrogen-bond donors (Lipinski definition) is 3. The van der Waals surface area contributed by atoms with E-state index in [0.29, 0.717) is 5.56 Å². The van der Waals surface area contributed by atoms with Gasteiger partial charge in [-0.15, -0.1) is 0 Å². The molecule has 0 bridgehead atoms. The molecular weight excluding hydrogens is 342 g/mol. The Morgan fingerprint density at radius 1 is 1.08 bits per heavy atom. The maximum Gasteiger partial charge on any atom is 0.267 e. The van der Waals surface area contributed by atoms with Crippen LogP contribution in [0.2, 0.25) is 0 Å². The number of halogens is 2. The fourth-order valence-corrected chi connectivity index (χ4v) is 2.91. The molecule has 126 valence electrons. The van der Waals surface area contributed by atoms with Crippen molar-refractivity contribution in [2.24, 2.45) is 0 Å². The molecule has 2 aromatic rings. The number of anilines is 1. The first kappa shape index (κ1) is 17.6. The van der Waals surface area contributed by atoms with Crippen LogP contribution in [0.15, 0.2) is 53.4 Å². The van der Waals surface area contributed by atoms with Crippen molar-refractivity contribution in [3.63, 3.8) is 0 Å². The molecule has 0 aromatic heterocycles. The molecule has 1 amide bonds. The predicted molar refractivity (Wildman–Crippen MR) is 82.6 cm³/mol. The van der Waals surface area contributed by atoms with E-state index in [-0.39, 0.29) is 4.90 Å². The number of benzene rings is 2. The standard InChI is InChI=1S/C15H12F2N2O4S/c16-12-5-2-6-13(17)15(12)19-24(22,23)11-4-1-3-10(9-11)7-8-14(20)18-21/h1-9,19,21H,(H,18,20). The summed E-state index contributed by atoms with van der Waals surface area (Å²) < 4.78 is 53.5. The Morgan fingerprint density at radius 2 is 1.71 bits per heavy atom. The number of sulfonamides is 1. The summed E-state index contributed by atoms with van der Waals surface area (Å²) in [6, 6.07) is 8.28. The van der Waals surface area contributed by atoms with Gasteiger partial charge in [0.05, 0.1) is 4.90 Å². The maximum atomic E-state index is 13.6. The second-order valence-electron chi connectivity index (χ2n) is 4.58. The van der Waals surface area contributed by atoms with Crippen molar-refractivity contribution >= 4 is 27.7 Å². The Morgan fingerprint density at radius 3 is 2.33 bits per heavy atom. The van der Waals surface area contributed by atoms with Crippen LogP contribution in [0.4, 0.5) is 14.5 Å². The van der Waals surface area contributed by atoms with E-state index < -0.39 is 33.3 Å². The Balaban J connectivity index is 2.33. The topological polar surface area (TPSA) is 95.5 Å². The van der Waals surface area contributed by atoms with Crippen molar-refractivity contribution in [1.82, 2.24) is 5.48 Å². The van der Waals surface area contributed by atoms with Gasteiger partial charge in [-0.2, -0.15) is 0 Å². The normalized spacial score (nSPS) is 11.5. The lowest BCUT2D eigenvalue weighted by Crippen LogP contribution is -2.15. The van der Waals surface area contributed by atoms with Crippen molar-refractivity contribution in [2.45, 2.75) is 4.90 Å². The Hall–Kier alpha value is -2.78. The third kappa shape index (κ3) is 4.15. The van der Waals surface area contributed by atoms with Gasteiger partial charge in [-0.25, -0.2) is 22.7 Å². The molecule has 9 heteroatoms. The van der Waals surface area contributed by atoms with E-state index in [9.17, 15) is 22.0 Å². The van der Waals surface area contributed by atoms with Gasteiger partial charge in [-0.1, -0.05) is 18.2 Å². The van der Waals surface area contributed by atoms with E-state index >= 15 is 0 Å². The second-order valence-corrected chi connectivity index (χ2v) is 6.27. The number of hydroxylamine groups is 1. The van der Waals surface area contributed by atoms with Crippen LogP contribution in [0.1, 0.15) is 5.56 Å². The molecule has 2 rings (SSSR count). The van der Waals surface area contributed by atoms with Crippen LogP contribution in [0, 0.1) is 11.6 Å². The molecule has 2 aromatic carbocycles. The molecule has 0 saturated heterocycles. The summed E-state index contributed by atoms with van der Waals surface area (Å²) in [5, 5.41) is 8.39. The highest BCUT2D eigenvalue weighted by molar-refractivity contribution is 7.92. The molecule has 0 heterocycles. The van der Waals surface area contributed by atoms with E-state index in [4.69, 9.17) is 5.21 Å². The van der Waals surface area contributed by atoms with Gasteiger partial charge >= 0.3 is 0 Å². The molecule has 24 heavy (non-hydrogen) atoms. The summed E-state index contributed by atoms with van der Waals surface area (Å²) in [6.45, 7) is 0. The van der Waals surface area contributed by atoms with Crippen LogP contribution in [0.25, 0.3) is 6.08 Å². The van der Waals surface area contributed by atoms with Crippen molar-refractivity contribution in [2.75, 3.05) is 4.72 Å². The Labute approximate surface area is 136 Å². The Kier molecular flexibility index (Phi) is 5.27. The van der Waals surface area contributed by atoms with Crippen molar-refractivity contribution < 1.29 is 27.2 Å². The average molecular weight is 354 g/mol. The summed E-state index contributed by atoms with van der Waals surface area (Å²) in [4.78, 5) is 10.7. The monoisotopic (exact) mass is 354 g/mol. The molecule has 0 radical (unpaired) electrons. The largest absolute Gasteiger partial charge is 0.288 e. The molecule has 0 aliphatic carbocycles. The van der Waals surface area contributed by atoms with Gasteiger partial charge in [0.2, 0.25) is 0 Å². The zero-order valence-electron chi connectivity index (χ0n) is 12.0. The third-order valence-electron chi connectivity index (χ3n) is 2.90. The van der Waals surface area contributed by atoms with E-state index in [1.165, 1.54) is 35.8 Å². The highest BCUT2D eigenvalue weighted by Crippen LogP contribution is 2.22. The van der Waals surface area contributed by atoms with Gasteiger partial charge in [0.15, 0.2) is 0 Å². The quantitative estimate of drug-likeness (QED) is 0.436. The molecule has 0 aliphatic heterocycles. The van der Waals surface area contributed by atoms with Crippen molar-refractivity contribution in [3.8, 4) is 0 Å². The van der Waals surface area contributed by atoms with Crippen LogP contribution >= 0.6 is 0 Å². The summed E-state index contributed by atoms with van der Waals surface area (Å²) in [6.07, 6.45) is 2.24. The second kappa shape index (κ2) is 7.20. The van der Waals surface area contributed by atoms with Gasteiger partial charge in [0, 0.05) is 6.08 Å². The summed E-state index contributed by atoms with van der Waals surface area (Å²) in [5.74, 6) is -2.89. The Bertz CT molecular complexity index is 878. The predicted octanol–water partition coefficient (Wildman–Crippen LogP) is 2.28. The lowest BCUT2D eigenvalue weighted by molar-refractivity contribution is -0.124. The lowest BCUT2D eigenvalue weighted by atomic mass is 10.2. The van der Waals surface area contributed by atoms with E-state index in [1.54, 1.807) is 0 Å². The number of nitrogens with one attached hydrogen (secondary N) is 2. The smallest absolute Gasteiger partial charge is 0.267 e. The number of hydrogen-bond acceptors (Lipinski definition) is 4. The first-order valence-corrected chi connectivity index (χ1v) is 8.01. The van der Waals surface area contributed by atoms with Gasteiger partial charge < -0.3 is 0 Å².